The van der Waals surface area contributed by atoms with E-state index >= 15 is 0 Å². The van der Waals surface area contributed by atoms with Crippen LogP contribution in [-0.4, -0.2) is 16.7 Å². The van der Waals surface area contributed by atoms with E-state index in [1.165, 1.54) is 12.1 Å². The van der Waals surface area contributed by atoms with Crippen LogP contribution in [0.1, 0.15) is 24.0 Å². The Kier molecular flexibility index (Phi) is 3.54. The molecule has 1 heterocycles. The van der Waals surface area contributed by atoms with Crippen LogP contribution in [0.5, 0.6) is 0 Å². The number of benzene rings is 1. The average Bonchev–Trinajstić information content (AvgIpc) is 2.72. The molecule has 1 aromatic carbocycles. The standard InChI is InChI=1S/C16H14F3NO2/c17-16(18,19)11-5-3-4-10(8-11)9-20-14(21)12-6-1-2-7-13(12)15(20)22/h1-5,8,12-13H,6-7,9H2/t12-,13-/m1/s1. The molecule has 0 radical (unpaired) electrons. The molecule has 0 aromatic heterocycles. The van der Waals surface area contributed by atoms with E-state index in [1.54, 1.807) is 0 Å². The zero-order chi connectivity index (χ0) is 15.9. The lowest BCUT2D eigenvalue weighted by Gasteiger charge is -2.16. The molecule has 6 heteroatoms. The summed E-state index contributed by atoms with van der Waals surface area (Å²) in [7, 11) is 0. The Morgan fingerprint density at radius 3 is 2.18 bits per heavy atom. The average molecular weight is 309 g/mol. The zero-order valence-corrected chi connectivity index (χ0v) is 11.6. The van der Waals surface area contributed by atoms with Gasteiger partial charge in [-0.25, -0.2) is 0 Å². The molecule has 0 unspecified atom stereocenters. The fourth-order valence-electron chi connectivity index (χ4n) is 3.05. The topological polar surface area (TPSA) is 37.4 Å². The Bertz CT molecular complexity index is 625. The van der Waals surface area contributed by atoms with Crippen molar-refractivity contribution in [3.63, 3.8) is 0 Å². The summed E-state index contributed by atoms with van der Waals surface area (Å²) in [6.45, 7) is -0.103. The summed E-state index contributed by atoms with van der Waals surface area (Å²) in [5.74, 6) is -1.28. The van der Waals surface area contributed by atoms with Crippen molar-refractivity contribution in [1.29, 1.82) is 0 Å². The van der Waals surface area contributed by atoms with E-state index in [2.05, 4.69) is 0 Å². The van der Waals surface area contributed by atoms with Crippen LogP contribution < -0.4 is 0 Å². The predicted molar refractivity (Wildman–Crippen MR) is 72.4 cm³/mol. The van der Waals surface area contributed by atoms with Gasteiger partial charge in [0.15, 0.2) is 0 Å². The molecule has 1 saturated heterocycles. The van der Waals surface area contributed by atoms with E-state index in [-0.39, 0.29) is 30.2 Å². The maximum atomic E-state index is 12.7. The van der Waals surface area contributed by atoms with Crippen molar-refractivity contribution in [3.8, 4) is 0 Å². The Balaban J connectivity index is 1.82. The molecule has 1 aliphatic carbocycles. The molecule has 0 N–H and O–H groups in total. The number of amides is 2. The minimum absolute atomic E-state index is 0.103. The van der Waals surface area contributed by atoms with Crippen molar-refractivity contribution < 1.29 is 22.8 Å². The van der Waals surface area contributed by atoms with Crippen molar-refractivity contribution in [2.24, 2.45) is 11.8 Å². The molecule has 1 aliphatic heterocycles. The van der Waals surface area contributed by atoms with Crippen LogP contribution in [0.4, 0.5) is 13.2 Å². The second kappa shape index (κ2) is 5.26. The minimum atomic E-state index is -4.44. The van der Waals surface area contributed by atoms with Crippen LogP contribution in [0.2, 0.25) is 0 Å². The van der Waals surface area contributed by atoms with Gasteiger partial charge in [-0.05, 0) is 30.5 Å². The Hall–Kier alpha value is -2.11. The third kappa shape index (κ3) is 2.53. The molecule has 3 nitrogen and oxygen atoms in total. The highest BCUT2D eigenvalue weighted by Gasteiger charge is 2.47. The van der Waals surface area contributed by atoms with Gasteiger partial charge >= 0.3 is 6.18 Å². The van der Waals surface area contributed by atoms with E-state index in [9.17, 15) is 22.8 Å². The molecule has 2 atom stereocenters. The van der Waals surface area contributed by atoms with E-state index in [4.69, 9.17) is 0 Å². The highest BCUT2D eigenvalue weighted by molar-refractivity contribution is 6.05. The number of carbonyl (C=O) groups is 2. The SMILES string of the molecule is O=C1[C@@H]2CC=CC[C@H]2C(=O)N1Cc1cccc(C(F)(F)F)c1. The molecule has 3 rings (SSSR count). The molecule has 116 valence electrons. The van der Waals surface area contributed by atoms with Gasteiger partial charge in [0.1, 0.15) is 0 Å². The molecule has 1 aromatic rings. The van der Waals surface area contributed by atoms with Gasteiger partial charge in [-0.15, -0.1) is 0 Å². The van der Waals surface area contributed by atoms with E-state index in [0.717, 1.165) is 17.0 Å². The summed E-state index contributed by atoms with van der Waals surface area (Å²) < 4.78 is 38.2. The molecule has 0 saturated carbocycles. The summed E-state index contributed by atoms with van der Waals surface area (Å²) in [6, 6.07) is 4.75. The van der Waals surface area contributed by atoms with Crippen molar-refractivity contribution in [3.05, 3.63) is 47.5 Å². The number of halogens is 3. The number of carbonyl (C=O) groups excluding carboxylic acids is 2. The van der Waals surface area contributed by atoms with E-state index in [1.807, 2.05) is 12.2 Å². The van der Waals surface area contributed by atoms with Crippen LogP contribution >= 0.6 is 0 Å². The second-order valence-corrected chi connectivity index (χ2v) is 5.62. The summed E-state index contributed by atoms with van der Waals surface area (Å²) in [4.78, 5) is 25.7. The van der Waals surface area contributed by atoms with Gasteiger partial charge < -0.3 is 0 Å². The Labute approximate surface area is 125 Å². The molecule has 2 amide bonds. The van der Waals surface area contributed by atoms with Gasteiger partial charge in [0.25, 0.3) is 0 Å². The van der Waals surface area contributed by atoms with Crippen molar-refractivity contribution in [2.75, 3.05) is 0 Å². The quantitative estimate of drug-likeness (QED) is 0.621. The number of fused-ring (bicyclic) bond motifs is 1. The largest absolute Gasteiger partial charge is 0.416 e. The van der Waals surface area contributed by atoms with Crippen LogP contribution in [0.25, 0.3) is 0 Å². The number of nitrogens with zero attached hydrogens (tertiary/aromatic N) is 1. The number of imide groups is 1. The van der Waals surface area contributed by atoms with Gasteiger partial charge in [-0.3, -0.25) is 14.5 Å². The van der Waals surface area contributed by atoms with Crippen molar-refractivity contribution in [2.45, 2.75) is 25.6 Å². The molecular formula is C16H14F3NO2. The molecule has 0 spiro atoms. The lowest BCUT2D eigenvalue weighted by Crippen LogP contribution is -2.30. The number of alkyl halides is 3. The molecular weight excluding hydrogens is 295 g/mol. The van der Waals surface area contributed by atoms with Gasteiger partial charge in [-0.2, -0.15) is 13.2 Å². The Morgan fingerprint density at radius 2 is 1.64 bits per heavy atom. The molecule has 1 fully saturated rings. The van der Waals surface area contributed by atoms with Crippen molar-refractivity contribution >= 4 is 11.8 Å². The minimum Gasteiger partial charge on any atom is -0.278 e. The number of allylic oxidation sites excluding steroid dienone is 2. The second-order valence-electron chi connectivity index (χ2n) is 5.62. The van der Waals surface area contributed by atoms with E-state index < -0.39 is 11.7 Å². The van der Waals surface area contributed by atoms with Crippen LogP contribution in [-0.2, 0) is 22.3 Å². The Morgan fingerprint density at radius 1 is 1.05 bits per heavy atom. The first kappa shape index (κ1) is 14.8. The summed E-state index contributed by atoms with van der Waals surface area (Å²) in [5, 5.41) is 0. The number of likely N-dealkylation sites (tertiary alicyclic amines) is 1. The van der Waals surface area contributed by atoms with Crippen molar-refractivity contribution in [1.82, 2.24) is 4.90 Å². The monoisotopic (exact) mass is 309 g/mol. The first-order valence-electron chi connectivity index (χ1n) is 7.04. The van der Waals surface area contributed by atoms with Crippen LogP contribution in [0, 0.1) is 11.8 Å². The van der Waals surface area contributed by atoms with Gasteiger partial charge in [0, 0.05) is 0 Å². The van der Waals surface area contributed by atoms with Crippen LogP contribution in [0.3, 0.4) is 0 Å². The third-order valence-electron chi connectivity index (χ3n) is 4.19. The number of hydrogen-bond donors (Lipinski definition) is 0. The number of hydrogen-bond acceptors (Lipinski definition) is 2. The first-order chi connectivity index (χ1) is 10.4. The fraction of sp³-hybridized carbons (Fsp3) is 0.375. The lowest BCUT2D eigenvalue weighted by atomic mass is 9.85. The number of rotatable bonds is 2. The predicted octanol–water partition coefficient (Wildman–Crippen LogP) is 3.16. The lowest BCUT2D eigenvalue weighted by molar-refractivity contribution is -0.140. The summed E-state index contributed by atoms with van der Waals surface area (Å²) in [5.41, 5.74) is -0.466. The molecule has 2 aliphatic rings. The highest BCUT2D eigenvalue weighted by Crippen LogP contribution is 2.36. The summed E-state index contributed by atoms with van der Waals surface area (Å²) >= 11 is 0. The normalized spacial score (nSPS) is 24.8. The third-order valence-corrected chi connectivity index (χ3v) is 4.19. The highest BCUT2D eigenvalue weighted by atomic mass is 19.4. The van der Waals surface area contributed by atoms with Gasteiger partial charge in [0.05, 0.1) is 23.9 Å². The first-order valence-corrected chi connectivity index (χ1v) is 7.04. The van der Waals surface area contributed by atoms with Gasteiger partial charge in [0.2, 0.25) is 11.8 Å². The zero-order valence-electron chi connectivity index (χ0n) is 11.6. The molecule has 22 heavy (non-hydrogen) atoms. The van der Waals surface area contributed by atoms with Gasteiger partial charge in [-0.1, -0.05) is 24.3 Å². The summed E-state index contributed by atoms with van der Waals surface area (Å²) in [6.07, 6.45) is 0.357. The smallest absolute Gasteiger partial charge is 0.278 e. The maximum Gasteiger partial charge on any atom is 0.416 e. The molecule has 0 bridgehead atoms. The van der Waals surface area contributed by atoms with Crippen LogP contribution in [0.15, 0.2) is 36.4 Å². The maximum absolute atomic E-state index is 12.7. The van der Waals surface area contributed by atoms with E-state index in [0.29, 0.717) is 18.4 Å². The fourth-order valence-corrected chi connectivity index (χ4v) is 3.05.